The molecule has 0 bridgehead atoms. The van der Waals surface area contributed by atoms with Gasteiger partial charge in [-0.05, 0) is 60.6 Å². The molecule has 148 valence electrons. The molecular formula is C23H29N3O2. The molecule has 0 saturated carbocycles. The highest BCUT2D eigenvalue weighted by molar-refractivity contribution is 5.89. The molecule has 1 saturated heterocycles. The Balaban J connectivity index is 1.23. The number of hydrogen-bond acceptors (Lipinski definition) is 3. The Morgan fingerprint density at radius 2 is 1.75 bits per heavy atom. The first-order chi connectivity index (χ1) is 13.7. The van der Waals surface area contributed by atoms with Crippen molar-refractivity contribution in [3.8, 4) is 5.75 Å². The Hall–Kier alpha value is -2.53. The highest BCUT2D eigenvalue weighted by Gasteiger charge is 2.25. The summed E-state index contributed by atoms with van der Waals surface area (Å²) in [7, 11) is 1.64. The maximum absolute atomic E-state index is 12.5. The van der Waals surface area contributed by atoms with Crippen LogP contribution in [0.1, 0.15) is 24.0 Å². The lowest BCUT2D eigenvalue weighted by Gasteiger charge is -2.36. The monoisotopic (exact) mass is 379 g/mol. The summed E-state index contributed by atoms with van der Waals surface area (Å²) >= 11 is 0. The van der Waals surface area contributed by atoms with Gasteiger partial charge < -0.3 is 15.0 Å². The van der Waals surface area contributed by atoms with Crippen LogP contribution in [-0.2, 0) is 13.0 Å². The minimum absolute atomic E-state index is 0.00415. The van der Waals surface area contributed by atoms with Gasteiger partial charge in [0.15, 0.2) is 0 Å². The van der Waals surface area contributed by atoms with Crippen LogP contribution < -0.4 is 10.1 Å². The van der Waals surface area contributed by atoms with E-state index in [2.05, 4.69) is 34.5 Å². The smallest absolute Gasteiger partial charge is 0.321 e. The highest BCUT2D eigenvalue weighted by atomic mass is 16.5. The molecule has 0 unspecified atom stereocenters. The zero-order valence-corrected chi connectivity index (χ0v) is 16.6. The predicted octanol–water partition coefficient (Wildman–Crippen LogP) is 4.00. The van der Waals surface area contributed by atoms with Gasteiger partial charge in [-0.15, -0.1) is 0 Å². The summed E-state index contributed by atoms with van der Waals surface area (Å²) in [6, 6.07) is 16.3. The number of benzene rings is 2. The second-order valence-electron chi connectivity index (χ2n) is 7.84. The van der Waals surface area contributed by atoms with E-state index in [-0.39, 0.29) is 6.03 Å². The first kappa shape index (κ1) is 18.8. The number of carbonyl (C=O) groups excluding carboxylic acids is 1. The van der Waals surface area contributed by atoms with Crippen LogP contribution >= 0.6 is 0 Å². The van der Waals surface area contributed by atoms with Crippen LogP contribution in [0.25, 0.3) is 0 Å². The minimum atomic E-state index is -0.00415. The number of ether oxygens (including phenoxy) is 1. The molecular weight excluding hydrogens is 350 g/mol. The predicted molar refractivity (Wildman–Crippen MR) is 112 cm³/mol. The van der Waals surface area contributed by atoms with E-state index in [0.717, 1.165) is 63.4 Å². The third-order valence-corrected chi connectivity index (χ3v) is 5.97. The van der Waals surface area contributed by atoms with Crippen LogP contribution in [0.5, 0.6) is 5.75 Å². The summed E-state index contributed by atoms with van der Waals surface area (Å²) in [6.45, 7) is 5.01. The third kappa shape index (κ3) is 4.47. The SMILES string of the molecule is COc1ccc(NC(=O)N2CCC(CN3CCc4ccccc4C3)CC2)cc1. The van der Waals surface area contributed by atoms with Gasteiger partial charge in [-0.1, -0.05) is 24.3 Å². The van der Waals surface area contributed by atoms with Crippen molar-refractivity contribution in [2.24, 2.45) is 5.92 Å². The zero-order valence-electron chi connectivity index (χ0n) is 16.6. The van der Waals surface area contributed by atoms with Crippen LogP contribution in [0.4, 0.5) is 10.5 Å². The van der Waals surface area contributed by atoms with E-state index >= 15 is 0 Å². The number of nitrogens with one attached hydrogen (secondary N) is 1. The number of likely N-dealkylation sites (tertiary alicyclic amines) is 1. The fourth-order valence-corrected chi connectivity index (χ4v) is 4.27. The average molecular weight is 380 g/mol. The maximum Gasteiger partial charge on any atom is 0.321 e. The fourth-order valence-electron chi connectivity index (χ4n) is 4.27. The van der Waals surface area contributed by atoms with Gasteiger partial charge in [0.2, 0.25) is 0 Å². The standard InChI is InChI=1S/C23H29N3O2/c1-28-22-8-6-21(7-9-22)24-23(27)26-14-10-18(11-15-26)16-25-13-12-19-4-2-3-5-20(19)17-25/h2-9,18H,10-17H2,1H3,(H,24,27). The molecule has 0 radical (unpaired) electrons. The summed E-state index contributed by atoms with van der Waals surface area (Å²) in [5.41, 5.74) is 3.79. The van der Waals surface area contributed by atoms with E-state index in [1.165, 1.54) is 11.1 Å². The summed E-state index contributed by atoms with van der Waals surface area (Å²) in [6.07, 6.45) is 3.31. The lowest BCUT2D eigenvalue weighted by molar-refractivity contribution is 0.147. The Bertz CT molecular complexity index is 798. The van der Waals surface area contributed by atoms with Crippen LogP contribution in [0.3, 0.4) is 0 Å². The number of amides is 2. The number of nitrogens with zero attached hydrogens (tertiary/aromatic N) is 2. The number of methoxy groups -OCH3 is 1. The third-order valence-electron chi connectivity index (χ3n) is 5.97. The van der Waals surface area contributed by atoms with Crippen LogP contribution in [0.2, 0.25) is 0 Å². The number of rotatable bonds is 4. The highest BCUT2D eigenvalue weighted by Crippen LogP contribution is 2.24. The van der Waals surface area contributed by atoms with E-state index in [0.29, 0.717) is 5.92 Å². The number of fused-ring (bicyclic) bond motifs is 1. The normalized spacial score (nSPS) is 17.8. The lowest BCUT2D eigenvalue weighted by Crippen LogP contribution is -2.44. The van der Waals surface area contributed by atoms with E-state index < -0.39 is 0 Å². The Morgan fingerprint density at radius 1 is 1.04 bits per heavy atom. The van der Waals surface area contributed by atoms with Gasteiger partial charge in [-0.2, -0.15) is 0 Å². The Labute approximate surface area is 167 Å². The topological polar surface area (TPSA) is 44.8 Å². The van der Waals surface area contributed by atoms with Crippen molar-refractivity contribution in [3.05, 3.63) is 59.7 Å². The van der Waals surface area contributed by atoms with Crippen molar-refractivity contribution >= 4 is 11.7 Å². The van der Waals surface area contributed by atoms with Crippen molar-refractivity contribution in [1.29, 1.82) is 0 Å². The average Bonchev–Trinajstić information content (AvgIpc) is 2.75. The Morgan fingerprint density at radius 3 is 2.46 bits per heavy atom. The molecule has 5 nitrogen and oxygen atoms in total. The maximum atomic E-state index is 12.5. The van der Waals surface area contributed by atoms with Gasteiger partial charge in [0.05, 0.1) is 7.11 Å². The molecule has 5 heteroatoms. The zero-order chi connectivity index (χ0) is 19.3. The van der Waals surface area contributed by atoms with Gasteiger partial charge in [0.25, 0.3) is 0 Å². The second-order valence-corrected chi connectivity index (χ2v) is 7.84. The van der Waals surface area contributed by atoms with Crippen molar-refractivity contribution < 1.29 is 9.53 Å². The largest absolute Gasteiger partial charge is 0.497 e. The summed E-state index contributed by atoms with van der Waals surface area (Å²) in [4.78, 5) is 17.0. The van der Waals surface area contributed by atoms with Crippen LogP contribution in [-0.4, -0.2) is 49.1 Å². The molecule has 0 spiro atoms. The van der Waals surface area contributed by atoms with Crippen molar-refractivity contribution in [2.75, 3.05) is 38.6 Å². The quantitative estimate of drug-likeness (QED) is 0.873. The number of piperidine rings is 1. The van der Waals surface area contributed by atoms with E-state index in [1.54, 1.807) is 7.11 Å². The van der Waals surface area contributed by atoms with Gasteiger partial charge in [-0.25, -0.2) is 4.79 Å². The molecule has 1 fully saturated rings. The molecule has 2 aliphatic heterocycles. The van der Waals surface area contributed by atoms with Gasteiger partial charge in [0.1, 0.15) is 5.75 Å². The van der Waals surface area contributed by atoms with Gasteiger partial charge in [0, 0.05) is 38.4 Å². The Kier molecular flexibility index (Phi) is 5.81. The molecule has 1 N–H and O–H groups in total. The van der Waals surface area contributed by atoms with E-state index in [1.807, 2.05) is 29.2 Å². The second kappa shape index (κ2) is 8.65. The van der Waals surface area contributed by atoms with E-state index in [4.69, 9.17) is 4.74 Å². The van der Waals surface area contributed by atoms with Crippen molar-refractivity contribution in [1.82, 2.24) is 9.80 Å². The minimum Gasteiger partial charge on any atom is -0.497 e. The first-order valence-electron chi connectivity index (χ1n) is 10.2. The first-order valence-corrected chi connectivity index (χ1v) is 10.2. The molecule has 0 aromatic heterocycles. The van der Waals surface area contributed by atoms with Gasteiger partial charge in [-0.3, -0.25) is 4.90 Å². The fraction of sp³-hybridized carbons (Fsp3) is 0.435. The molecule has 2 aliphatic rings. The molecule has 2 aromatic carbocycles. The van der Waals surface area contributed by atoms with Crippen molar-refractivity contribution in [3.63, 3.8) is 0 Å². The lowest BCUT2D eigenvalue weighted by atomic mass is 9.94. The molecule has 4 rings (SSSR count). The number of anilines is 1. The summed E-state index contributed by atoms with van der Waals surface area (Å²) in [5.74, 6) is 1.47. The van der Waals surface area contributed by atoms with Crippen LogP contribution in [0.15, 0.2) is 48.5 Å². The molecule has 0 atom stereocenters. The summed E-state index contributed by atoms with van der Waals surface area (Å²) < 4.78 is 5.16. The number of urea groups is 1. The van der Waals surface area contributed by atoms with Gasteiger partial charge >= 0.3 is 6.03 Å². The number of carbonyl (C=O) groups is 1. The summed E-state index contributed by atoms with van der Waals surface area (Å²) in [5, 5.41) is 2.99. The number of hydrogen-bond donors (Lipinski definition) is 1. The molecule has 2 aromatic rings. The van der Waals surface area contributed by atoms with Crippen LogP contribution in [0, 0.1) is 5.92 Å². The van der Waals surface area contributed by atoms with Crippen molar-refractivity contribution in [2.45, 2.75) is 25.8 Å². The molecule has 2 amide bonds. The molecule has 2 heterocycles. The van der Waals surface area contributed by atoms with E-state index in [9.17, 15) is 4.79 Å². The molecule has 28 heavy (non-hydrogen) atoms. The molecule has 0 aliphatic carbocycles.